The minimum atomic E-state index is -0.366. The van der Waals surface area contributed by atoms with Crippen LogP contribution in [-0.2, 0) is 20.8 Å². The molecule has 2 fully saturated rings. The van der Waals surface area contributed by atoms with Gasteiger partial charge in [0.1, 0.15) is 0 Å². The standard InChI is InChI=1S/C19H30N2O4/c1-3-25-18(22)19-6-4-7-20(11-16-5-9-24-14-16)12-17(19)13-21(15-19)8-10-23-2/h5,9,14,17H,3-4,6-8,10-13,15H2,1-2H3/t17-,19-/m0/s1. The first-order valence-corrected chi connectivity index (χ1v) is 9.30. The maximum atomic E-state index is 12.9. The Hall–Kier alpha value is -1.37. The molecule has 25 heavy (non-hydrogen) atoms. The zero-order valence-corrected chi connectivity index (χ0v) is 15.4. The molecule has 0 unspecified atom stereocenters. The van der Waals surface area contributed by atoms with Crippen LogP contribution < -0.4 is 0 Å². The number of nitrogens with zero attached hydrogens (tertiary/aromatic N) is 2. The van der Waals surface area contributed by atoms with Crippen LogP contribution in [-0.4, -0.2) is 68.8 Å². The van der Waals surface area contributed by atoms with Crippen LogP contribution in [0.2, 0.25) is 0 Å². The lowest BCUT2D eigenvalue weighted by molar-refractivity contribution is -0.157. The first-order chi connectivity index (χ1) is 12.2. The number of furan rings is 1. The molecular formula is C19H30N2O4. The molecule has 0 bridgehead atoms. The first kappa shape index (κ1) is 18.4. The molecule has 0 N–H and O–H groups in total. The maximum Gasteiger partial charge on any atom is 0.313 e. The number of likely N-dealkylation sites (tertiary alicyclic amines) is 2. The third-order valence-electron chi connectivity index (χ3n) is 5.62. The summed E-state index contributed by atoms with van der Waals surface area (Å²) in [6.07, 6.45) is 5.45. The third kappa shape index (κ3) is 4.07. The highest BCUT2D eigenvalue weighted by Gasteiger charge is 2.53. The highest BCUT2D eigenvalue weighted by Crippen LogP contribution is 2.43. The minimum Gasteiger partial charge on any atom is -0.472 e. The van der Waals surface area contributed by atoms with Gasteiger partial charge in [0.2, 0.25) is 0 Å². The monoisotopic (exact) mass is 350 g/mol. The lowest BCUT2D eigenvalue weighted by Gasteiger charge is -2.31. The molecule has 0 aromatic carbocycles. The van der Waals surface area contributed by atoms with Gasteiger partial charge in [-0.2, -0.15) is 0 Å². The van der Waals surface area contributed by atoms with E-state index in [0.29, 0.717) is 19.1 Å². The first-order valence-electron chi connectivity index (χ1n) is 9.30. The minimum absolute atomic E-state index is 0.00919. The molecule has 3 heterocycles. The van der Waals surface area contributed by atoms with Crippen LogP contribution in [0.25, 0.3) is 0 Å². The van der Waals surface area contributed by atoms with Gasteiger partial charge in [0.15, 0.2) is 0 Å². The summed E-state index contributed by atoms with van der Waals surface area (Å²) >= 11 is 0. The van der Waals surface area contributed by atoms with E-state index in [-0.39, 0.29) is 11.4 Å². The molecule has 0 aliphatic carbocycles. The predicted molar refractivity (Wildman–Crippen MR) is 94.1 cm³/mol. The second kappa shape index (κ2) is 8.34. The van der Waals surface area contributed by atoms with Crippen LogP contribution in [0.5, 0.6) is 0 Å². The van der Waals surface area contributed by atoms with Crippen molar-refractivity contribution in [2.24, 2.45) is 11.3 Å². The number of hydrogen-bond donors (Lipinski definition) is 0. The Balaban J connectivity index is 1.74. The van der Waals surface area contributed by atoms with Gasteiger partial charge in [0, 0.05) is 51.3 Å². The molecule has 2 atom stereocenters. The van der Waals surface area contributed by atoms with E-state index in [4.69, 9.17) is 13.9 Å². The van der Waals surface area contributed by atoms with Gasteiger partial charge in [-0.1, -0.05) is 0 Å². The normalized spacial score (nSPS) is 27.8. The fourth-order valence-electron chi connectivity index (χ4n) is 4.40. The molecule has 6 heteroatoms. The molecule has 6 nitrogen and oxygen atoms in total. The van der Waals surface area contributed by atoms with E-state index in [1.54, 1.807) is 13.4 Å². The van der Waals surface area contributed by atoms with Gasteiger partial charge >= 0.3 is 5.97 Å². The Morgan fingerprint density at radius 1 is 1.40 bits per heavy atom. The average molecular weight is 350 g/mol. The Morgan fingerprint density at radius 3 is 2.96 bits per heavy atom. The van der Waals surface area contributed by atoms with Crippen molar-refractivity contribution < 1.29 is 18.7 Å². The van der Waals surface area contributed by atoms with Crippen molar-refractivity contribution in [3.8, 4) is 0 Å². The summed E-state index contributed by atoms with van der Waals surface area (Å²) in [4.78, 5) is 17.7. The average Bonchev–Trinajstić information content (AvgIpc) is 3.18. The van der Waals surface area contributed by atoms with Gasteiger partial charge < -0.3 is 13.9 Å². The van der Waals surface area contributed by atoms with E-state index in [1.165, 1.54) is 5.56 Å². The molecule has 2 saturated heterocycles. The van der Waals surface area contributed by atoms with Gasteiger partial charge in [-0.3, -0.25) is 14.6 Å². The molecule has 1 aromatic rings. The second-order valence-electron chi connectivity index (χ2n) is 7.27. The van der Waals surface area contributed by atoms with Crippen molar-refractivity contribution in [3.63, 3.8) is 0 Å². The Morgan fingerprint density at radius 2 is 2.24 bits per heavy atom. The van der Waals surface area contributed by atoms with Crippen molar-refractivity contribution in [1.29, 1.82) is 0 Å². The van der Waals surface area contributed by atoms with E-state index in [1.807, 2.05) is 19.3 Å². The zero-order valence-electron chi connectivity index (χ0n) is 15.4. The number of hydrogen-bond acceptors (Lipinski definition) is 6. The van der Waals surface area contributed by atoms with Crippen LogP contribution >= 0.6 is 0 Å². The van der Waals surface area contributed by atoms with Crippen molar-refractivity contribution in [1.82, 2.24) is 9.80 Å². The van der Waals surface area contributed by atoms with E-state index in [2.05, 4.69) is 9.80 Å². The molecule has 0 radical (unpaired) electrons. The number of carbonyl (C=O) groups excluding carboxylic acids is 1. The number of fused-ring (bicyclic) bond motifs is 1. The van der Waals surface area contributed by atoms with Crippen LogP contribution in [0.4, 0.5) is 0 Å². The van der Waals surface area contributed by atoms with Gasteiger partial charge in [-0.25, -0.2) is 0 Å². The van der Waals surface area contributed by atoms with Crippen molar-refractivity contribution in [2.75, 3.05) is 53.0 Å². The topological polar surface area (TPSA) is 55.2 Å². The summed E-state index contributed by atoms with van der Waals surface area (Å²) in [6, 6.07) is 2.02. The third-order valence-corrected chi connectivity index (χ3v) is 5.62. The number of esters is 1. The molecule has 0 spiro atoms. The molecule has 2 aliphatic heterocycles. The smallest absolute Gasteiger partial charge is 0.313 e. The van der Waals surface area contributed by atoms with Crippen LogP contribution in [0, 0.1) is 11.3 Å². The summed E-state index contributed by atoms with van der Waals surface area (Å²) in [7, 11) is 1.72. The zero-order chi connectivity index (χ0) is 17.7. The Bertz CT molecular complexity index is 548. The highest BCUT2D eigenvalue weighted by molar-refractivity contribution is 5.78. The van der Waals surface area contributed by atoms with E-state index >= 15 is 0 Å². The molecular weight excluding hydrogens is 320 g/mol. The molecule has 0 saturated carbocycles. The maximum absolute atomic E-state index is 12.9. The quantitative estimate of drug-likeness (QED) is 0.701. The predicted octanol–water partition coefficient (Wildman–Crippen LogP) is 2.00. The SMILES string of the molecule is CCOC(=O)[C@]12CCCN(Cc3ccoc3)C[C@H]1CN(CCOC)C2. The number of methoxy groups -OCH3 is 1. The summed E-state index contributed by atoms with van der Waals surface area (Å²) in [6.45, 7) is 8.45. The fraction of sp³-hybridized carbons (Fsp3) is 0.737. The highest BCUT2D eigenvalue weighted by atomic mass is 16.5. The molecule has 0 amide bonds. The fourth-order valence-corrected chi connectivity index (χ4v) is 4.40. The lowest BCUT2D eigenvalue weighted by atomic mass is 9.75. The summed E-state index contributed by atoms with van der Waals surface area (Å²) < 4.78 is 15.9. The number of rotatable bonds is 7. The molecule has 2 aliphatic rings. The lowest BCUT2D eigenvalue weighted by Crippen LogP contribution is -2.42. The molecule has 1 aromatic heterocycles. The summed E-state index contributed by atoms with van der Waals surface area (Å²) in [5.74, 6) is 0.294. The molecule has 140 valence electrons. The Kier molecular flexibility index (Phi) is 6.15. The van der Waals surface area contributed by atoms with Crippen LogP contribution in [0.15, 0.2) is 23.0 Å². The van der Waals surface area contributed by atoms with Crippen LogP contribution in [0.1, 0.15) is 25.3 Å². The largest absolute Gasteiger partial charge is 0.472 e. The van der Waals surface area contributed by atoms with Crippen molar-refractivity contribution in [3.05, 3.63) is 24.2 Å². The number of ether oxygens (including phenoxy) is 2. The second-order valence-corrected chi connectivity index (χ2v) is 7.27. The Labute approximate surface area is 150 Å². The summed E-state index contributed by atoms with van der Waals surface area (Å²) in [5, 5.41) is 0. The van der Waals surface area contributed by atoms with Gasteiger partial charge in [-0.05, 0) is 32.4 Å². The van der Waals surface area contributed by atoms with Crippen LogP contribution in [0.3, 0.4) is 0 Å². The summed E-state index contributed by atoms with van der Waals surface area (Å²) in [5.41, 5.74) is 0.826. The molecule has 3 rings (SSSR count). The van der Waals surface area contributed by atoms with Gasteiger partial charge in [0.25, 0.3) is 0 Å². The van der Waals surface area contributed by atoms with Crippen molar-refractivity contribution in [2.45, 2.75) is 26.3 Å². The number of carbonyl (C=O) groups is 1. The van der Waals surface area contributed by atoms with Crippen molar-refractivity contribution >= 4 is 5.97 Å². The van der Waals surface area contributed by atoms with E-state index in [9.17, 15) is 4.79 Å². The van der Waals surface area contributed by atoms with E-state index in [0.717, 1.165) is 52.1 Å². The van der Waals surface area contributed by atoms with E-state index < -0.39 is 0 Å². The van der Waals surface area contributed by atoms with Gasteiger partial charge in [-0.15, -0.1) is 0 Å². The van der Waals surface area contributed by atoms with Gasteiger partial charge in [0.05, 0.1) is 31.2 Å².